The van der Waals surface area contributed by atoms with Crippen LogP contribution in [-0.2, 0) is 25.7 Å². The molecule has 0 spiro atoms. The molecule has 1 aliphatic rings. The van der Waals surface area contributed by atoms with Crippen LogP contribution >= 0.6 is 0 Å². The van der Waals surface area contributed by atoms with Crippen LogP contribution in [0.4, 0.5) is 4.79 Å². The minimum Gasteiger partial charge on any atom is -0.458 e. The van der Waals surface area contributed by atoms with Gasteiger partial charge >= 0.3 is 12.1 Å². The first-order valence-corrected chi connectivity index (χ1v) is 11.1. The number of nitrogens with zero attached hydrogens (tertiary/aromatic N) is 1. The highest BCUT2D eigenvalue weighted by Gasteiger charge is 2.38. The lowest BCUT2D eigenvalue weighted by Gasteiger charge is -2.37. The minimum atomic E-state index is -0.758. The molecule has 7 nitrogen and oxygen atoms in total. The van der Waals surface area contributed by atoms with Gasteiger partial charge < -0.3 is 19.7 Å². The highest BCUT2D eigenvalue weighted by molar-refractivity contribution is 5.90. The van der Waals surface area contributed by atoms with Crippen molar-refractivity contribution >= 4 is 18.0 Å². The average molecular weight is 433 g/mol. The number of nitrogens with one attached hydrogen (secondary N) is 1. The number of carbonyl (C=O) groups is 3. The van der Waals surface area contributed by atoms with Crippen molar-refractivity contribution in [2.45, 2.75) is 84.6 Å². The van der Waals surface area contributed by atoms with Crippen LogP contribution in [0.1, 0.15) is 65.9 Å². The summed E-state index contributed by atoms with van der Waals surface area (Å²) in [5.74, 6) is -0.482. The van der Waals surface area contributed by atoms with E-state index in [1.165, 1.54) is 0 Å². The molecular formula is C24H36N2O5. The zero-order valence-corrected chi connectivity index (χ0v) is 19.3. The molecule has 2 atom stereocenters. The Hall–Kier alpha value is -2.57. The number of amides is 2. The number of ether oxygens (including phenoxy) is 2. The number of piperidine rings is 1. The molecule has 0 bridgehead atoms. The maximum atomic E-state index is 13.4. The van der Waals surface area contributed by atoms with Gasteiger partial charge in [0.25, 0.3) is 0 Å². The van der Waals surface area contributed by atoms with Gasteiger partial charge in [-0.15, -0.1) is 0 Å². The van der Waals surface area contributed by atoms with Gasteiger partial charge in [-0.1, -0.05) is 44.2 Å². The quantitative estimate of drug-likeness (QED) is 0.657. The molecule has 1 saturated heterocycles. The monoisotopic (exact) mass is 432 g/mol. The van der Waals surface area contributed by atoms with E-state index in [-0.39, 0.29) is 18.4 Å². The van der Waals surface area contributed by atoms with Crippen molar-refractivity contribution in [3.63, 3.8) is 0 Å². The highest BCUT2D eigenvalue weighted by atomic mass is 16.6. The molecule has 1 aromatic carbocycles. The maximum absolute atomic E-state index is 13.4. The number of hydrogen-bond acceptors (Lipinski definition) is 5. The van der Waals surface area contributed by atoms with Crippen LogP contribution in [-0.4, -0.2) is 47.1 Å². The lowest BCUT2D eigenvalue weighted by molar-refractivity contribution is -0.167. The minimum absolute atomic E-state index is 0.125. The largest absolute Gasteiger partial charge is 0.458 e. The smallest absolute Gasteiger partial charge is 0.408 e. The Bertz CT molecular complexity index is 742. The van der Waals surface area contributed by atoms with E-state index in [1.807, 2.05) is 65.0 Å². The molecule has 1 aromatic rings. The number of alkyl carbamates (subject to hydrolysis) is 1. The van der Waals surface area contributed by atoms with Gasteiger partial charge in [0, 0.05) is 6.54 Å². The number of carbonyl (C=O) groups excluding carboxylic acids is 3. The summed E-state index contributed by atoms with van der Waals surface area (Å²) in [7, 11) is 0. The first-order chi connectivity index (χ1) is 14.6. The van der Waals surface area contributed by atoms with E-state index in [9.17, 15) is 14.4 Å². The van der Waals surface area contributed by atoms with Crippen LogP contribution in [0, 0.1) is 5.92 Å². The molecule has 1 heterocycles. The highest BCUT2D eigenvalue weighted by Crippen LogP contribution is 2.23. The van der Waals surface area contributed by atoms with Gasteiger partial charge in [0.1, 0.15) is 24.3 Å². The van der Waals surface area contributed by atoms with E-state index in [0.717, 1.165) is 18.4 Å². The molecule has 7 heteroatoms. The fraction of sp³-hybridized carbons (Fsp3) is 0.625. The fourth-order valence-electron chi connectivity index (χ4n) is 3.61. The summed E-state index contributed by atoms with van der Waals surface area (Å²) in [6.45, 7) is 10.00. The Morgan fingerprint density at radius 1 is 1.13 bits per heavy atom. The molecule has 0 saturated carbocycles. The van der Waals surface area contributed by atoms with Crippen LogP contribution in [0.25, 0.3) is 0 Å². The van der Waals surface area contributed by atoms with Crippen LogP contribution < -0.4 is 5.32 Å². The SMILES string of the molecule is CC(C)C[C@H](NC(=O)OCc1ccccc1)C(=O)N1CCCC[C@H]1C(=O)OC(C)(C)C. The summed E-state index contributed by atoms with van der Waals surface area (Å²) < 4.78 is 10.8. The predicted molar refractivity (Wildman–Crippen MR) is 118 cm³/mol. The van der Waals surface area contributed by atoms with Gasteiger partial charge in [0.2, 0.25) is 5.91 Å². The van der Waals surface area contributed by atoms with Crippen molar-refractivity contribution < 1.29 is 23.9 Å². The van der Waals surface area contributed by atoms with Crippen LogP contribution in [0.15, 0.2) is 30.3 Å². The Morgan fingerprint density at radius 2 is 1.81 bits per heavy atom. The van der Waals surface area contributed by atoms with Crippen molar-refractivity contribution in [2.75, 3.05) is 6.54 Å². The Kier molecular flexibility index (Phi) is 8.89. The molecule has 31 heavy (non-hydrogen) atoms. The molecule has 0 radical (unpaired) electrons. The molecule has 0 aliphatic carbocycles. The molecule has 172 valence electrons. The standard InChI is InChI=1S/C24H36N2O5/c1-17(2)15-19(25-23(29)30-16-18-11-7-6-8-12-18)21(27)26-14-10-9-13-20(26)22(28)31-24(3,4)5/h6-8,11-12,17,19-20H,9-10,13-16H2,1-5H3,(H,25,29)/t19-,20-/m0/s1. The zero-order chi connectivity index (χ0) is 23.0. The first kappa shape index (κ1) is 24.7. The van der Waals surface area contributed by atoms with E-state index in [4.69, 9.17) is 9.47 Å². The number of benzene rings is 1. The van der Waals surface area contributed by atoms with Crippen LogP contribution in [0.3, 0.4) is 0 Å². The maximum Gasteiger partial charge on any atom is 0.408 e. The second-order valence-corrected chi connectivity index (χ2v) is 9.46. The van der Waals surface area contributed by atoms with E-state index in [0.29, 0.717) is 19.4 Å². The second kappa shape index (κ2) is 11.2. The molecule has 1 fully saturated rings. The molecule has 0 unspecified atom stereocenters. The summed E-state index contributed by atoms with van der Waals surface area (Å²) in [5.41, 5.74) is 0.241. The van der Waals surface area contributed by atoms with E-state index in [2.05, 4.69) is 5.32 Å². The van der Waals surface area contributed by atoms with Crippen LogP contribution in [0.2, 0.25) is 0 Å². The third-order valence-corrected chi connectivity index (χ3v) is 4.97. The summed E-state index contributed by atoms with van der Waals surface area (Å²) in [6.07, 6.45) is 2.05. The molecule has 1 N–H and O–H groups in total. The van der Waals surface area contributed by atoms with Gasteiger partial charge in [-0.2, -0.15) is 0 Å². The number of esters is 1. The Labute approximate surface area is 185 Å². The summed E-state index contributed by atoms with van der Waals surface area (Å²) >= 11 is 0. The van der Waals surface area contributed by atoms with E-state index < -0.39 is 29.7 Å². The molecule has 2 amide bonds. The van der Waals surface area contributed by atoms with Gasteiger partial charge in [-0.3, -0.25) is 4.79 Å². The predicted octanol–water partition coefficient (Wildman–Crippen LogP) is 4.05. The first-order valence-electron chi connectivity index (χ1n) is 11.1. The van der Waals surface area contributed by atoms with E-state index in [1.54, 1.807) is 4.90 Å². The van der Waals surface area contributed by atoms with E-state index >= 15 is 0 Å². The molecule has 1 aliphatic heterocycles. The molecular weight excluding hydrogens is 396 g/mol. The molecule has 0 aromatic heterocycles. The normalized spacial score (nSPS) is 17.7. The summed E-state index contributed by atoms with van der Waals surface area (Å²) in [6, 6.07) is 7.97. The Morgan fingerprint density at radius 3 is 2.42 bits per heavy atom. The van der Waals surface area contributed by atoms with Gasteiger partial charge in [0.05, 0.1) is 0 Å². The number of rotatable bonds is 7. The van der Waals surface area contributed by atoms with Crippen molar-refractivity contribution in [3.8, 4) is 0 Å². The Balaban J connectivity index is 2.07. The van der Waals surface area contributed by atoms with Crippen molar-refractivity contribution in [3.05, 3.63) is 35.9 Å². The third kappa shape index (κ3) is 8.23. The van der Waals surface area contributed by atoms with Crippen molar-refractivity contribution in [2.24, 2.45) is 5.92 Å². The van der Waals surface area contributed by atoms with Crippen molar-refractivity contribution in [1.29, 1.82) is 0 Å². The summed E-state index contributed by atoms with van der Waals surface area (Å²) in [4.78, 5) is 40.1. The van der Waals surface area contributed by atoms with Gasteiger partial charge in [-0.05, 0) is 57.9 Å². The lowest BCUT2D eigenvalue weighted by Crippen LogP contribution is -2.56. The van der Waals surface area contributed by atoms with Gasteiger partial charge in [-0.25, -0.2) is 9.59 Å². The second-order valence-electron chi connectivity index (χ2n) is 9.46. The zero-order valence-electron chi connectivity index (χ0n) is 19.3. The topological polar surface area (TPSA) is 84.9 Å². The summed E-state index contributed by atoms with van der Waals surface area (Å²) in [5, 5.41) is 2.72. The van der Waals surface area contributed by atoms with Crippen LogP contribution in [0.5, 0.6) is 0 Å². The molecule has 2 rings (SSSR count). The van der Waals surface area contributed by atoms with Gasteiger partial charge in [0.15, 0.2) is 0 Å². The average Bonchev–Trinajstić information content (AvgIpc) is 2.70. The number of likely N-dealkylation sites (tertiary alicyclic amines) is 1. The lowest BCUT2D eigenvalue weighted by atomic mass is 9.97. The fourth-order valence-corrected chi connectivity index (χ4v) is 3.61. The van der Waals surface area contributed by atoms with Crippen molar-refractivity contribution in [1.82, 2.24) is 10.2 Å². The number of hydrogen-bond donors (Lipinski definition) is 1. The third-order valence-electron chi connectivity index (χ3n) is 4.97.